The molecule has 0 radical (unpaired) electrons. The molecule has 2 rings (SSSR count). The lowest BCUT2D eigenvalue weighted by molar-refractivity contribution is -0.117. The highest BCUT2D eigenvalue weighted by Gasteiger charge is 2.22. The van der Waals surface area contributed by atoms with Crippen molar-refractivity contribution in [1.29, 1.82) is 0 Å². The number of nitrogens with one attached hydrogen (secondary N) is 2. The van der Waals surface area contributed by atoms with Gasteiger partial charge in [-0.05, 0) is 69.7 Å². The van der Waals surface area contributed by atoms with Gasteiger partial charge in [0, 0.05) is 12.1 Å². The third kappa shape index (κ3) is 4.99. The molecule has 4 heteroatoms. The largest absolute Gasteiger partial charge is 0.326 e. The Hall–Kier alpha value is -1.06. The number of hydrogen-bond acceptors (Lipinski definition) is 2. The zero-order valence-electron chi connectivity index (χ0n) is 14.2. The van der Waals surface area contributed by atoms with Gasteiger partial charge in [-0.15, -0.1) is 12.4 Å². The second-order valence-corrected chi connectivity index (χ2v) is 6.61. The Morgan fingerprint density at radius 3 is 2.50 bits per heavy atom. The first-order valence-corrected chi connectivity index (χ1v) is 8.05. The van der Waals surface area contributed by atoms with Crippen molar-refractivity contribution in [2.75, 3.05) is 18.4 Å². The summed E-state index contributed by atoms with van der Waals surface area (Å²) in [6, 6.07) is 4.24. The van der Waals surface area contributed by atoms with Crippen LogP contribution >= 0.6 is 12.4 Å². The highest BCUT2D eigenvalue weighted by Crippen LogP contribution is 2.25. The molecule has 1 aromatic carbocycles. The van der Waals surface area contributed by atoms with Crippen LogP contribution in [0.1, 0.15) is 42.9 Å². The molecular formula is C18H29ClN2O. The van der Waals surface area contributed by atoms with E-state index in [-0.39, 0.29) is 18.3 Å². The molecular weight excluding hydrogens is 296 g/mol. The third-order valence-electron chi connectivity index (χ3n) is 4.59. The summed E-state index contributed by atoms with van der Waals surface area (Å²) in [5, 5.41) is 6.55. The quantitative estimate of drug-likeness (QED) is 0.879. The number of anilines is 1. The van der Waals surface area contributed by atoms with Gasteiger partial charge in [-0.2, -0.15) is 0 Å². The smallest absolute Gasteiger partial charge is 0.224 e. The SMILES string of the molecule is Cc1cc(C)c(NC(=O)CC(C)C2CCCNC2)c(C)c1.Cl. The molecule has 1 aliphatic rings. The van der Waals surface area contributed by atoms with Crippen LogP contribution < -0.4 is 10.6 Å². The lowest BCUT2D eigenvalue weighted by Gasteiger charge is -2.28. The van der Waals surface area contributed by atoms with Crippen LogP contribution in [-0.2, 0) is 4.79 Å². The minimum atomic E-state index is 0. The van der Waals surface area contributed by atoms with Gasteiger partial charge in [0.05, 0.1) is 0 Å². The van der Waals surface area contributed by atoms with Crippen molar-refractivity contribution in [2.24, 2.45) is 11.8 Å². The molecule has 2 N–H and O–H groups in total. The number of benzene rings is 1. The van der Waals surface area contributed by atoms with Gasteiger partial charge < -0.3 is 10.6 Å². The average Bonchev–Trinajstić information content (AvgIpc) is 2.43. The molecule has 0 spiro atoms. The zero-order chi connectivity index (χ0) is 15.4. The van der Waals surface area contributed by atoms with Gasteiger partial charge in [0.2, 0.25) is 5.91 Å². The summed E-state index contributed by atoms with van der Waals surface area (Å²) in [7, 11) is 0. The number of amides is 1. The molecule has 0 aromatic heterocycles. The van der Waals surface area contributed by atoms with E-state index in [1.165, 1.54) is 18.4 Å². The lowest BCUT2D eigenvalue weighted by atomic mass is 9.85. The van der Waals surface area contributed by atoms with Crippen LogP contribution in [0.4, 0.5) is 5.69 Å². The van der Waals surface area contributed by atoms with Crippen LogP contribution in [0.2, 0.25) is 0 Å². The summed E-state index contributed by atoms with van der Waals surface area (Å²) < 4.78 is 0. The highest BCUT2D eigenvalue weighted by atomic mass is 35.5. The van der Waals surface area contributed by atoms with Crippen molar-refractivity contribution in [3.8, 4) is 0 Å². The Balaban J connectivity index is 0.00000242. The average molecular weight is 325 g/mol. The molecule has 22 heavy (non-hydrogen) atoms. The number of halogens is 1. The number of carbonyl (C=O) groups excluding carboxylic acids is 1. The normalized spacial score (nSPS) is 19.2. The molecule has 1 amide bonds. The maximum Gasteiger partial charge on any atom is 0.224 e. The maximum absolute atomic E-state index is 12.3. The number of aryl methyl sites for hydroxylation is 3. The summed E-state index contributed by atoms with van der Waals surface area (Å²) in [6.45, 7) is 10.6. The van der Waals surface area contributed by atoms with Crippen LogP contribution in [0.5, 0.6) is 0 Å². The molecule has 124 valence electrons. The van der Waals surface area contributed by atoms with Gasteiger partial charge in [-0.3, -0.25) is 4.79 Å². The van der Waals surface area contributed by atoms with Gasteiger partial charge in [-0.1, -0.05) is 24.6 Å². The molecule has 1 fully saturated rings. The second kappa shape index (κ2) is 8.54. The predicted octanol–water partition coefficient (Wildman–Crippen LogP) is 4.00. The lowest BCUT2D eigenvalue weighted by Crippen LogP contribution is -2.34. The molecule has 2 atom stereocenters. The van der Waals surface area contributed by atoms with Crippen molar-refractivity contribution in [3.05, 3.63) is 28.8 Å². The monoisotopic (exact) mass is 324 g/mol. The van der Waals surface area contributed by atoms with E-state index in [0.717, 1.165) is 29.9 Å². The zero-order valence-corrected chi connectivity index (χ0v) is 15.0. The Labute approximate surface area is 140 Å². The van der Waals surface area contributed by atoms with Crippen molar-refractivity contribution in [1.82, 2.24) is 5.32 Å². The summed E-state index contributed by atoms with van der Waals surface area (Å²) in [6.07, 6.45) is 3.08. The van der Waals surface area contributed by atoms with E-state index in [4.69, 9.17) is 0 Å². The van der Waals surface area contributed by atoms with E-state index in [1.54, 1.807) is 0 Å². The van der Waals surface area contributed by atoms with Gasteiger partial charge in [0.25, 0.3) is 0 Å². The highest BCUT2D eigenvalue weighted by molar-refractivity contribution is 5.92. The van der Waals surface area contributed by atoms with Crippen molar-refractivity contribution in [2.45, 2.75) is 47.0 Å². The number of rotatable bonds is 4. The molecule has 1 aromatic rings. The van der Waals surface area contributed by atoms with Crippen LogP contribution in [0.15, 0.2) is 12.1 Å². The predicted molar refractivity (Wildman–Crippen MR) is 95.9 cm³/mol. The van der Waals surface area contributed by atoms with E-state index in [0.29, 0.717) is 18.3 Å². The van der Waals surface area contributed by atoms with Gasteiger partial charge in [0.15, 0.2) is 0 Å². The Morgan fingerprint density at radius 1 is 1.32 bits per heavy atom. The molecule has 1 aliphatic heterocycles. The minimum Gasteiger partial charge on any atom is -0.326 e. The fourth-order valence-electron chi connectivity index (χ4n) is 3.39. The molecule has 3 nitrogen and oxygen atoms in total. The van der Waals surface area contributed by atoms with Gasteiger partial charge >= 0.3 is 0 Å². The fraction of sp³-hybridized carbons (Fsp3) is 0.611. The first-order valence-electron chi connectivity index (χ1n) is 8.05. The van der Waals surface area contributed by atoms with Gasteiger partial charge in [-0.25, -0.2) is 0 Å². The van der Waals surface area contributed by atoms with E-state index in [2.05, 4.69) is 50.5 Å². The summed E-state index contributed by atoms with van der Waals surface area (Å²) in [4.78, 5) is 12.3. The summed E-state index contributed by atoms with van der Waals surface area (Å²) in [5.41, 5.74) is 4.52. The third-order valence-corrected chi connectivity index (χ3v) is 4.59. The van der Waals surface area contributed by atoms with Crippen LogP contribution in [0.3, 0.4) is 0 Å². The van der Waals surface area contributed by atoms with E-state index in [1.807, 2.05) is 0 Å². The molecule has 1 saturated heterocycles. The molecule has 1 heterocycles. The Kier molecular flexibility index (Phi) is 7.37. The van der Waals surface area contributed by atoms with Crippen LogP contribution in [-0.4, -0.2) is 19.0 Å². The summed E-state index contributed by atoms with van der Waals surface area (Å²) >= 11 is 0. The maximum atomic E-state index is 12.3. The fourth-order valence-corrected chi connectivity index (χ4v) is 3.39. The number of hydrogen-bond donors (Lipinski definition) is 2. The topological polar surface area (TPSA) is 41.1 Å². The Bertz CT molecular complexity index is 487. The van der Waals surface area contributed by atoms with Crippen LogP contribution in [0.25, 0.3) is 0 Å². The molecule has 0 bridgehead atoms. The van der Waals surface area contributed by atoms with E-state index >= 15 is 0 Å². The first-order chi connectivity index (χ1) is 9.97. The minimum absolute atomic E-state index is 0. The first kappa shape index (κ1) is 19.0. The molecule has 0 aliphatic carbocycles. The standard InChI is InChI=1S/C18H28N2O.ClH/c1-12-8-14(3)18(15(4)9-12)20-17(21)10-13(2)16-6-5-7-19-11-16;/h8-9,13,16,19H,5-7,10-11H2,1-4H3,(H,20,21);1H. The molecule has 2 unspecified atom stereocenters. The second-order valence-electron chi connectivity index (χ2n) is 6.61. The van der Waals surface area contributed by atoms with Crippen LogP contribution in [0, 0.1) is 32.6 Å². The van der Waals surface area contributed by atoms with Crippen molar-refractivity contribution < 1.29 is 4.79 Å². The number of carbonyl (C=O) groups is 1. The van der Waals surface area contributed by atoms with E-state index < -0.39 is 0 Å². The van der Waals surface area contributed by atoms with Crippen molar-refractivity contribution in [3.63, 3.8) is 0 Å². The number of piperidine rings is 1. The molecule has 0 saturated carbocycles. The Morgan fingerprint density at radius 2 is 1.95 bits per heavy atom. The summed E-state index contributed by atoms with van der Waals surface area (Å²) in [5.74, 6) is 1.21. The van der Waals surface area contributed by atoms with Crippen molar-refractivity contribution >= 4 is 24.0 Å². The van der Waals surface area contributed by atoms with Gasteiger partial charge in [0.1, 0.15) is 0 Å². The van der Waals surface area contributed by atoms with E-state index in [9.17, 15) is 4.79 Å².